The molecule has 2 atom stereocenters. The Balaban J connectivity index is 2.84. The van der Waals surface area contributed by atoms with Crippen molar-refractivity contribution in [3.8, 4) is 0 Å². The number of nitrogens with zero attached hydrogens (tertiary/aromatic N) is 1. The molecule has 2 unspecified atom stereocenters. The Morgan fingerprint density at radius 3 is 2.69 bits per heavy atom. The summed E-state index contributed by atoms with van der Waals surface area (Å²) < 4.78 is 37.1. The van der Waals surface area contributed by atoms with Crippen LogP contribution in [0.4, 0.5) is 13.2 Å². The van der Waals surface area contributed by atoms with Crippen LogP contribution in [0.1, 0.15) is 6.92 Å². The maximum atomic E-state index is 12.5. The lowest BCUT2D eigenvalue weighted by Crippen LogP contribution is -2.44. The number of nitrogens with one attached hydrogen (secondary N) is 1. The van der Waals surface area contributed by atoms with E-state index in [0.717, 1.165) is 6.08 Å². The van der Waals surface area contributed by atoms with E-state index in [4.69, 9.17) is 0 Å². The molecule has 0 radical (unpaired) electrons. The number of allylic oxidation sites excluding steroid dienone is 1. The van der Waals surface area contributed by atoms with Gasteiger partial charge in [-0.1, -0.05) is 28.7 Å². The number of hydrogen-bond acceptors (Lipinski definition) is 2. The van der Waals surface area contributed by atoms with Crippen LogP contribution < -0.4 is 5.32 Å². The lowest BCUT2D eigenvalue weighted by Gasteiger charge is -2.26. The van der Waals surface area contributed by atoms with Crippen LogP contribution in [0.3, 0.4) is 0 Å². The minimum absolute atomic E-state index is 0.162. The van der Waals surface area contributed by atoms with Crippen molar-refractivity contribution in [1.29, 1.82) is 0 Å². The molecule has 1 aliphatic rings. The zero-order valence-corrected chi connectivity index (χ0v) is 10.8. The first-order chi connectivity index (χ1) is 7.36. The number of aliphatic imine (C=N–C) groups is 1. The molecule has 0 bridgehead atoms. The van der Waals surface area contributed by atoms with Gasteiger partial charge in [0.15, 0.2) is 0 Å². The molecule has 0 aliphatic carbocycles. The average Bonchev–Trinajstić information content (AvgIpc) is 2.15. The number of hydrogen-bond donors (Lipinski definition) is 1. The summed E-state index contributed by atoms with van der Waals surface area (Å²) in [7, 11) is 0. The molecule has 1 N–H and O–H groups in total. The van der Waals surface area contributed by atoms with E-state index in [2.05, 4.69) is 16.9 Å². The minimum Gasteiger partial charge on any atom is -0.304 e. The van der Waals surface area contributed by atoms with Crippen LogP contribution >= 0.6 is 22.6 Å². The quantitative estimate of drug-likeness (QED) is 0.475. The Labute approximate surface area is 106 Å². The van der Waals surface area contributed by atoms with Crippen LogP contribution in [0, 0.1) is 0 Å². The molecule has 1 heterocycles. The highest BCUT2D eigenvalue weighted by Gasteiger charge is 2.38. The maximum absolute atomic E-state index is 12.5. The summed E-state index contributed by atoms with van der Waals surface area (Å²) in [5.41, 5.74) is -0.350. The van der Waals surface area contributed by atoms with Gasteiger partial charge < -0.3 is 5.32 Å². The largest absolute Gasteiger partial charge is 0.433 e. The summed E-state index contributed by atoms with van der Waals surface area (Å²) in [6, 6.07) is -0.162. The normalized spacial score (nSPS) is 26.1. The third-order valence-electron chi connectivity index (χ3n) is 2.15. The molecule has 0 aromatic rings. The van der Waals surface area contributed by atoms with Crippen molar-refractivity contribution < 1.29 is 13.2 Å². The molecule has 2 nitrogen and oxygen atoms in total. The molecule has 0 saturated heterocycles. The lowest BCUT2D eigenvalue weighted by atomic mass is 10.1. The fourth-order valence-electron chi connectivity index (χ4n) is 1.40. The Hall–Kier alpha value is -0.370. The highest BCUT2D eigenvalue weighted by Crippen LogP contribution is 2.31. The number of halogens is 4. The van der Waals surface area contributed by atoms with Gasteiger partial charge in [0, 0.05) is 12.3 Å². The molecule has 6 heteroatoms. The maximum Gasteiger partial charge on any atom is 0.433 e. The van der Waals surface area contributed by atoms with Gasteiger partial charge >= 0.3 is 6.18 Å². The van der Waals surface area contributed by atoms with Crippen LogP contribution in [0.25, 0.3) is 0 Å². The van der Waals surface area contributed by atoms with E-state index in [0.29, 0.717) is 12.3 Å². The molecule has 0 aromatic carbocycles. The average molecular weight is 344 g/mol. The van der Waals surface area contributed by atoms with Crippen LogP contribution in [0.5, 0.6) is 0 Å². The molecule has 1 aliphatic heterocycles. The summed E-state index contributed by atoms with van der Waals surface area (Å²) in [4.78, 5) is 3.59. The van der Waals surface area contributed by atoms with Gasteiger partial charge in [-0.05, 0) is 13.0 Å². The highest BCUT2D eigenvalue weighted by atomic mass is 127. The predicted molar refractivity (Wildman–Crippen MR) is 67.0 cm³/mol. The third kappa shape index (κ3) is 3.31. The molecule has 0 aromatic heterocycles. The molecular weight excluding hydrogens is 332 g/mol. The van der Waals surface area contributed by atoms with Gasteiger partial charge in [0.1, 0.15) is 5.70 Å². The van der Waals surface area contributed by atoms with E-state index < -0.39 is 11.9 Å². The summed E-state index contributed by atoms with van der Waals surface area (Å²) in [6.45, 7) is 5.70. The third-order valence-corrected chi connectivity index (χ3v) is 3.23. The fourth-order valence-corrected chi connectivity index (χ4v) is 2.52. The molecule has 1 rings (SSSR count). The van der Waals surface area contributed by atoms with Gasteiger partial charge in [-0.15, -0.1) is 6.58 Å². The van der Waals surface area contributed by atoms with Crippen molar-refractivity contribution in [3.05, 3.63) is 24.4 Å². The van der Waals surface area contributed by atoms with Gasteiger partial charge in [0.2, 0.25) is 0 Å². The monoisotopic (exact) mass is 344 g/mol. The first-order valence-corrected chi connectivity index (χ1v) is 5.93. The first kappa shape index (κ1) is 13.7. The second-order valence-electron chi connectivity index (χ2n) is 3.42. The Kier molecular flexibility index (Phi) is 4.54. The van der Waals surface area contributed by atoms with Crippen molar-refractivity contribution in [2.75, 3.05) is 6.54 Å². The zero-order valence-electron chi connectivity index (χ0n) is 8.68. The van der Waals surface area contributed by atoms with Gasteiger partial charge in [-0.25, -0.2) is 0 Å². The second kappa shape index (κ2) is 5.31. The van der Waals surface area contributed by atoms with E-state index in [1.165, 1.54) is 0 Å². The smallest absolute Gasteiger partial charge is 0.304 e. The predicted octanol–water partition coefficient (Wildman–Crippen LogP) is 2.85. The SMILES string of the molecule is C=CCNC1C(C)=NC(C(F)(F)F)=CC1I. The molecule has 16 heavy (non-hydrogen) atoms. The van der Waals surface area contributed by atoms with E-state index in [-0.39, 0.29) is 9.97 Å². The topological polar surface area (TPSA) is 24.4 Å². The van der Waals surface area contributed by atoms with E-state index in [1.54, 1.807) is 13.0 Å². The van der Waals surface area contributed by atoms with Crippen molar-refractivity contribution in [2.45, 2.75) is 23.1 Å². The van der Waals surface area contributed by atoms with Gasteiger partial charge in [0.05, 0.1) is 9.97 Å². The van der Waals surface area contributed by atoms with Crippen LogP contribution in [0.2, 0.25) is 0 Å². The minimum atomic E-state index is -4.37. The Morgan fingerprint density at radius 2 is 2.25 bits per heavy atom. The molecule has 0 spiro atoms. The molecule has 0 fully saturated rings. The van der Waals surface area contributed by atoms with E-state index in [9.17, 15) is 13.2 Å². The molecule has 90 valence electrons. The fraction of sp³-hybridized carbons (Fsp3) is 0.500. The lowest BCUT2D eigenvalue weighted by molar-refractivity contribution is -0.0927. The highest BCUT2D eigenvalue weighted by molar-refractivity contribution is 14.1. The summed E-state index contributed by atoms with van der Waals surface area (Å²) in [5, 5.41) is 3.07. The van der Waals surface area contributed by atoms with Crippen LogP contribution in [-0.4, -0.2) is 28.4 Å². The molecular formula is C10H12F3IN2. The summed E-state index contributed by atoms with van der Waals surface area (Å²) >= 11 is 1.97. The molecule has 0 amide bonds. The summed E-state index contributed by atoms with van der Waals surface area (Å²) in [5.74, 6) is 0. The number of alkyl halides is 4. The van der Waals surface area contributed by atoms with E-state index >= 15 is 0 Å². The van der Waals surface area contributed by atoms with Gasteiger partial charge in [-0.2, -0.15) is 13.2 Å². The van der Waals surface area contributed by atoms with E-state index in [1.807, 2.05) is 22.6 Å². The van der Waals surface area contributed by atoms with Gasteiger partial charge in [0.25, 0.3) is 0 Å². The molecule has 0 saturated carbocycles. The second-order valence-corrected chi connectivity index (χ2v) is 4.86. The van der Waals surface area contributed by atoms with Crippen LogP contribution in [0.15, 0.2) is 29.4 Å². The van der Waals surface area contributed by atoms with Crippen LogP contribution in [-0.2, 0) is 0 Å². The van der Waals surface area contributed by atoms with Crippen molar-refractivity contribution in [3.63, 3.8) is 0 Å². The zero-order chi connectivity index (χ0) is 12.3. The summed E-state index contributed by atoms with van der Waals surface area (Å²) in [6.07, 6.45) is -1.55. The van der Waals surface area contributed by atoms with Crippen molar-refractivity contribution in [1.82, 2.24) is 5.32 Å². The van der Waals surface area contributed by atoms with Crippen molar-refractivity contribution in [2.24, 2.45) is 4.99 Å². The van der Waals surface area contributed by atoms with Crippen molar-refractivity contribution >= 4 is 28.3 Å². The Bertz CT molecular complexity index is 333. The Morgan fingerprint density at radius 1 is 1.62 bits per heavy atom. The first-order valence-electron chi connectivity index (χ1n) is 4.69. The standard InChI is InChI=1S/C10H12F3IN2/c1-3-4-15-9-6(2)16-8(5-7(9)14)10(11,12)13/h3,5,7,9,15H,1,4H2,2H3. The number of rotatable bonds is 3. The van der Waals surface area contributed by atoms with Gasteiger partial charge in [-0.3, -0.25) is 4.99 Å².